The van der Waals surface area contributed by atoms with Crippen LogP contribution >= 0.6 is 0 Å². The topological polar surface area (TPSA) is 92.7 Å². The van der Waals surface area contributed by atoms with E-state index in [1.807, 2.05) is 16.7 Å². The number of nitrogens with zero attached hydrogens (tertiary/aromatic N) is 8. The second kappa shape index (κ2) is 6.47. The van der Waals surface area contributed by atoms with Gasteiger partial charge in [0.1, 0.15) is 11.5 Å². The first-order valence-electron chi connectivity index (χ1n) is 10.2. The molecule has 3 aromatic heterocycles. The Balaban J connectivity index is 1.27. The molecule has 2 bridgehead atoms. The molecule has 0 saturated carbocycles. The fourth-order valence-corrected chi connectivity index (χ4v) is 5.17. The summed E-state index contributed by atoms with van der Waals surface area (Å²) in [5, 5.41) is 8.26. The third kappa shape index (κ3) is 2.71. The molecule has 9 nitrogen and oxygen atoms in total. The molecule has 0 radical (unpaired) electrons. The van der Waals surface area contributed by atoms with Crippen molar-refractivity contribution >= 4 is 11.7 Å². The van der Waals surface area contributed by atoms with Crippen molar-refractivity contribution in [3.05, 3.63) is 54.0 Å². The van der Waals surface area contributed by atoms with Crippen LogP contribution in [0.4, 0.5) is 19.0 Å². The van der Waals surface area contributed by atoms with Crippen LogP contribution in [0.2, 0.25) is 0 Å². The van der Waals surface area contributed by atoms with Gasteiger partial charge in [-0.25, -0.2) is 15.0 Å². The SMILES string of the molecule is Cc1ccc(-n2nccn2)c(C(=O)N2C3CCC2C2C3N2c2cnc(C(F)(F)F)cn2)n1. The van der Waals surface area contributed by atoms with Crippen molar-refractivity contribution in [2.24, 2.45) is 0 Å². The molecule has 3 saturated heterocycles. The normalized spacial score (nSPS) is 25.9. The van der Waals surface area contributed by atoms with Crippen molar-refractivity contribution in [2.45, 2.75) is 50.1 Å². The second-order valence-corrected chi connectivity index (χ2v) is 8.21. The van der Waals surface area contributed by atoms with E-state index in [1.54, 1.807) is 12.1 Å². The number of aryl methyl sites for hydroxylation is 1. The zero-order chi connectivity index (χ0) is 22.2. The molecule has 3 aliphatic heterocycles. The number of amides is 1. The van der Waals surface area contributed by atoms with Gasteiger partial charge in [0.25, 0.3) is 5.91 Å². The van der Waals surface area contributed by atoms with Crippen molar-refractivity contribution in [3.63, 3.8) is 0 Å². The summed E-state index contributed by atoms with van der Waals surface area (Å²) in [7, 11) is 0. The van der Waals surface area contributed by atoms with Gasteiger partial charge in [-0.1, -0.05) is 0 Å². The van der Waals surface area contributed by atoms with E-state index >= 15 is 0 Å². The summed E-state index contributed by atoms with van der Waals surface area (Å²) in [5.41, 5.74) is 0.497. The van der Waals surface area contributed by atoms with E-state index < -0.39 is 11.9 Å². The van der Waals surface area contributed by atoms with Gasteiger partial charge in [0.05, 0.1) is 49.0 Å². The number of pyridine rings is 1. The Morgan fingerprint density at radius 3 is 2.31 bits per heavy atom. The number of rotatable bonds is 3. The first-order valence-corrected chi connectivity index (χ1v) is 10.2. The molecule has 3 aromatic rings. The lowest BCUT2D eigenvalue weighted by molar-refractivity contribution is -0.141. The van der Waals surface area contributed by atoms with Gasteiger partial charge in [0, 0.05) is 5.69 Å². The molecule has 0 spiro atoms. The zero-order valence-corrected chi connectivity index (χ0v) is 16.8. The predicted octanol–water partition coefficient (Wildman–Crippen LogP) is 2.02. The average molecular weight is 442 g/mol. The summed E-state index contributed by atoms with van der Waals surface area (Å²) < 4.78 is 38.4. The minimum atomic E-state index is -4.52. The van der Waals surface area contributed by atoms with Crippen LogP contribution < -0.4 is 4.90 Å². The molecule has 0 aliphatic carbocycles. The smallest absolute Gasteiger partial charge is 0.341 e. The van der Waals surface area contributed by atoms with Crippen LogP contribution in [-0.4, -0.2) is 64.9 Å². The van der Waals surface area contributed by atoms with Crippen LogP contribution in [0.25, 0.3) is 5.69 Å². The summed E-state index contributed by atoms with van der Waals surface area (Å²) in [6.45, 7) is 1.82. The zero-order valence-electron chi connectivity index (χ0n) is 16.8. The number of fused-ring (bicyclic) bond motifs is 5. The average Bonchev–Trinajstić information content (AvgIpc) is 3.11. The van der Waals surface area contributed by atoms with Crippen LogP contribution in [-0.2, 0) is 6.18 Å². The molecule has 0 N–H and O–H groups in total. The summed E-state index contributed by atoms with van der Waals surface area (Å²) >= 11 is 0. The molecule has 3 aliphatic rings. The van der Waals surface area contributed by atoms with Gasteiger partial charge in [0.2, 0.25) is 0 Å². The number of anilines is 1. The maximum atomic E-state index is 13.6. The molecule has 3 fully saturated rings. The maximum Gasteiger partial charge on any atom is 0.434 e. The molecular formula is C20H17F3N8O. The van der Waals surface area contributed by atoms with Crippen LogP contribution in [0.5, 0.6) is 0 Å². The van der Waals surface area contributed by atoms with Crippen molar-refractivity contribution < 1.29 is 18.0 Å². The number of carbonyl (C=O) groups is 1. The lowest BCUT2D eigenvalue weighted by atomic mass is 10.0. The van der Waals surface area contributed by atoms with E-state index in [4.69, 9.17) is 0 Å². The monoisotopic (exact) mass is 442 g/mol. The minimum Gasteiger partial charge on any atom is -0.341 e. The van der Waals surface area contributed by atoms with Gasteiger partial charge in [-0.2, -0.15) is 23.4 Å². The van der Waals surface area contributed by atoms with E-state index in [0.717, 1.165) is 25.2 Å². The lowest BCUT2D eigenvalue weighted by Gasteiger charge is -2.28. The van der Waals surface area contributed by atoms with Crippen LogP contribution in [0.3, 0.4) is 0 Å². The third-order valence-corrected chi connectivity index (χ3v) is 6.44. The Morgan fingerprint density at radius 2 is 1.72 bits per heavy atom. The third-order valence-electron chi connectivity index (χ3n) is 6.44. The lowest BCUT2D eigenvalue weighted by Crippen LogP contribution is -2.43. The highest BCUT2D eigenvalue weighted by Gasteiger charge is 2.69. The molecule has 4 unspecified atom stereocenters. The minimum absolute atomic E-state index is 0.0276. The van der Waals surface area contributed by atoms with Crippen LogP contribution in [0.15, 0.2) is 36.9 Å². The summed E-state index contributed by atoms with van der Waals surface area (Å²) in [6.07, 6.45) is 2.11. The fourth-order valence-electron chi connectivity index (χ4n) is 5.17. The van der Waals surface area contributed by atoms with E-state index in [1.165, 1.54) is 17.2 Å². The number of halogens is 3. The van der Waals surface area contributed by atoms with Gasteiger partial charge in [-0.05, 0) is 31.9 Å². The molecule has 164 valence electrons. The van der Waals surface area contributed by atoms with E-state index in [0.29, 0.717) is 22.9 Å². The highest BCUT2D eigenvalue weighted by molar-refractivity contribution is 5.97. The molecule has 6 heterocycles. The van der Waals surface area contributed by atoms with Gasteiger partial charge in [0.15, 0.2) is 11.4 Å². The van der Waals surface area contributed by atoms with Crippen molar-refractivity contribution in [2.75, 3.05) is 4.90 Å². The number of aromatic nitrogens is 6. The van der Waals surface area contributed by atoms with E-state index in [2.05, 4.69) is 25.1 Å². The molecule has 4 atom stereocenters. The molecule has 1 amide bonds. The fraction of sp³-hybridized carbons (Fsp3) is 0.400. The first kappa shape index (κ1) is 19.1. The van der Waals surface area contributed by atoms with Gasteiger partial charge >= 0.3 is 6.18 Å². The standard InChI is InChI=1S/C20H17F3N8O/c1-10-2-3-11(31-26-6-7-27-31)16(28-10)19(32)29-12-4-5-13(29)18-17(12)30(18)15-9-24-14(8-25-15)20(21,22)23/h2-3,6-9,12-13,17-18H,4-5H2,1H3. The molecule has 12 heteroatoms. The highest BCUT2D eigenvalue weighted by atomic mass is 19.4. The highest BCUT2D eigenvalue weighted by Crippen LogP contribution is 2.54. The van der Waals surface area contributed by atoms with Crippen molar-refractivity contribution in [3.8, 4) is 5.69 Å². The summed E-state index contributed by atoms with van der Waals surface area (Å²) in [5.74, 6) is 0.228. The van der Waals surface area contributed by atoms with Gasteiger partial charge in [-0.3, -0.25) is 4.79 Å². The van der Waals surface area contributed by atoms with Crippen LogP contribution in [0.1, 0.15) is 34.7 Å². The van der Waals surface area contributed by atoms with Gasteiger partial charge < -0.3 is 9.80 Å². The van der Waals surface area contributed by atoms with E-state index in [-0.39, 0.29) is 30.1 Å². The molecular weight excluding hydrogens is 425 g/mol. The molecule has 6 rings (SSSR count). The maximum absolute atomic E-state index is 13.6. The summed E-state index contributed by atoms with van der Waals surface area (Å²) in [6, 6.07) is 3.53. The first-order chi connectivity index (χ1) is 15.3. The molecule has 32 heavy (non-hydrogen) atoms. The second-order valence-electron chi connectivity index (χ2n) is 8.21. The molecule has 0 aromatic carbocycles. The number of piperazine rings is 1. The number of hydrogen-bond donors (Lipinski definition) is 0. The van der Waals surface area contributed by atoms with E-state index in [9.17, 15) is 18.0 Å². The Kier molecular flexibility index (Phi) is 3.87. The van der Waals surface area contributed by atoms with Gasteiger partial charge in [-0.15, -0.1) is 4.80 Å². The Morgan fingerprint density at radius 1 is 1.03 bits per heavy atom. The van der Waals surface area contributed by atoms with Crippen molar-refractivity contribution in [1.29, 1.82) is 0 Å². The number of alkyl halides is 3. The summed E-state index contributed by atoms with van der Waals surface area (Å²) in [4.78, 5) is 30.8. The number of carbonyl (C=O) groups excluding carboxylic acids is 1. The predicted molar refractivity (Wildman–Crippen MR) is 104 cm³/mol. The van der Waals surface area contributed by atoms with Crippen LogP contribution in [0, 0.1) is 6.92 Å². The number of hydrogen-bond acceptors (Lipinski definition) is 7. The Hall–Kier alpha value is -3.57. The Bertz CT molecular complexity index is 1180. The largest absolute Gasteiger partial charge is 0.434 e. The van der Waals surface area contributed by atoms with Crippen molar-refractivity contribution in [1.82, 2.24) is 34.8 Å². The quantitative estimate of drug-likeness (QED) is 0.573. The Labute approximate surface area is 179 Å².